The molecule has 0 amide bonds. The summed E-state index contributed by atoms with van der Waals surface area (Å²) in [6, 6.07) is 21.9. The molecule has 1 N–H and O–H groups in total. The van der Waals surface area contributed by atoms with Gasteiger partial charge in [-0.1, -0.05) is 61.0 Å². The van der Waals surface area contributed by atoms with Gasteiger partial charge < -0.3 is 9.84 Å². The highest BCUT2D eigenvalue weighted by Gasteiger charge is 2.25. The summed E-state index contributed by atoms with van der Waals surface area (Å²) in [6.45, 7) is 4.60. The van der Waals surface area contributed by atoms with Crippen molar-refractivity contribution in [2.45, 2.75) is 33.3 Å². The van der Waals surface area contributed by atoms with Crippen LogP contribution >= 0.6 is 11.6 Å². The van der Waals surface area contributed by atoms with Gasteiger partial charge in [0.25, 0.3) is 0 Å². The number of hydrogen-bond acceptors (Lipinski definition) is 2. The van der Waals surface area contributed by atoms with Crippen LogP contribution in [-0.2, 0) is 17.8 Å². The molecule has 4 rings (SSSR count). The van der Waals surface area contributed by atoms with Gasteiger partial charge in [-0.2, -0.15) is 0 Å². The fourth-order valence-electron chi connectivity index (χ4n) is 4.00. The summed E-state index contributed by atoms with van der Waals surface area (Å²) in [5.41, 5.74) is 8.52. The molecule has 0 saturated heterocycles. The lowest BCUT2D eigenvalue weighted by atomic mass is 9.97. The molecule has 0 spiro atoms. The summed E-state index contributed by atoms with van der Waals surface area (Å²) in [4.78, 5) is 11.5. The number of aryl methyl sites for hydroxylation is 1. The van der Waals surface area contributed by atoms with Crippen molar-refractivity contribution in [3.63, 3.8) is 0 Å². The van der Waals surface area contributed by atoms with Crippen molar-refractivity contribution in [3.8, 4) is 5.75 Å². The Balaban J connectivity index is 1.58. The van der Waals surface area contributed by atoms with E-state index in [4.69, 9.17) is 16.3 Å². The predicted octanol–water partition coefficient (Wildman–Crippen LogP) is 7.28. The number of allylic oxidation sites excluding steroid dienone is 2. The zero-order valence-electron chi connectivity index (χ0n) is 18.2. The van der Waals surface area contributed by atoms with E-state index in [1.165, 1.54) is 5.56 Å². The van der Waals surface area contributed by atoms with Crippen LogP contribution in [0.1, 0.15) is 48.1 Å². The maximum absolute atomic E-state index is 11.5. The average Bonchev–Trinajstić information content (AvgIpc) is 3.04. The van der Waals surface area contributed by atoms with E-state index < -0.39 is 5.97 Å². The number of fused-ring (bicyclic) bond motifs is 1. The molecule has 0 saturated carbocycles. The van der Waals surface area contributed by atoms with E-state index in [2.05, 4.69) is 55.5 Å². The minimum Gasteiger partial charge on any atom is -0.489 e. The number of ether oxygens (including phenoxy) is 1. The lowest BCUT2D eigenvalue weighted by Crippen LogP contribution is -1.97. The van der Waals surface area contributed by atoms with E-state index >= 15 is 0 Å². The number of carbonyl (C=O) groups is 1. The number of carboxylic acid groups (broad SMARTS) is 1. The molecule has 0 radical (unpaired) electrons. The van der Waals surface area contributed by atoms with Crippen molar-refractivity contribution in [2.75, 3.05) is 0 Å². The van der Waals surface area contributed by atoms with Crippen LogP contribution in [0.4, 0.5) is 0 Å². The van der Waals surface area contributed by atoms with Crippen LogP contribution < -0.4 is 4.74 Å². The van der Waals surface area contributed by atoms with E-state index in [-0.39, 0.29) is 6.42 Å². The van der Waals surface area contributed by atoms with Gasteiger partial charge in [-0.3, -0.25) is 4.79 Å². The lowest BCUT2D eigenvalue weighted by molar-refractivity contribution is -0.135. The van der Waals surface area contributed by atoms with Crippen molar-refractivity contribution in [2.24, 2.45) is 0 Å². The molecule has 32 heavy (non-hydrogen) atoms. The number of benzene rings is 3. The molecule has 0 aromatic heterocycles. The normalized spacial score (nSPS) is 14.0. The van der Waals surface area contributed by atoms with Crippen LogP contribution in [0.15, 0.2) is 72.3 Å². The molecule has 3 aromatic rings. The van der Waals surface area contributed by atoms with Crippen LogP contribution in [0.5, 0.6) is 5.75 Å². The highest BCUT2D eigenvalue weighted by molar-refractivity contribution is 6.30. The first-order valence-electron chi connectivity index (χ1n) is 10.7. The Kier molecular flexibility index (Phi) is 6.48. The van der Waals surface area contributed by atoms with Gasteiger partial charge in [-0.25, -0.2) is 0 Å². The van der Waals surface area contributed by atoms with Crippen LogP contribution in [0.2, 0.25) is 5.02 Å². The Labute approximate surface area is 193 Å². The van der Waals surface area contributed by atoms with Gasteiger partial charge in [0.2, 0.25) is 0 Å². The highest BCUT2D eigenvalue weighted by Crippen LogP contribution is 2.44. The molecule has 0 aliphatic heterocycles. The van der Waals surface area contributed by atoms with E-state index in [0.717, 1.165) is 51.1 Å². The third-order valence-electron chi connectivity index (χ3n) is 5.80. The van der Waals surface area contributed by atoms with Crippen LogP contribution in [0.25, 0.3) is 17.2 Å². The molecule has 0 unspecified atom stereocenters. The second kappa shape index (κ2) is 9.46. The fourth-order valence-corrected chi connectivity index (χ4v) is 4.13. The average molecular weight is 445 g/mol. The van der Waals surface area contributed by atoms with Crippen molar-refractivity contribution in [1.29, 1.82) is 0 Å². The molecule has 3 nitrogen and oxygen atoms in total. The zero-order valence-corrected chi connectivity index (χ0v) is 18.9. The largest absolute Gasteiger partial charge is 0.489 e. The molecule has 0 fully saturated rings. The number of halogens is 1. The predicted molar refractivity (Wildman–Crippen MR) is 131 cm³/mol. The topological polar surface area (TPSA) is 46.5 Å². The Morgan fingerprint density at radius 2 is 1.66 bits per heavy atom. The first-order valence-corrected chi connectivity index (χ1v) is 11.1. The summed E-state index contributed by atoms with van der Waals surface area (Å²) in [5, 5.41) is 10.1. The van der Waals surface area contributed by atoms with Gasteiger partial charge >= 0.3 is 5.97 Å². The zero-order chi connectivity index (χ0) is 22.7. The minimum atomic E-state index is -0.807. The van der Waals surface area contributed by atoms with Crippen molar-refractivity contribution in [1.82, 2.24) is 0 Å². The molecule has 0 atom stereocenters. The van der Waals surface area contributed by atoms with E-state index in [9.17, 15) is 9.90 Å². The molecule has 1 aliphatic carbocycles. The highest BCUT2D eigenvalue weighted by atomic mass is 35.5. The monoisotopic (exact) mass is 444 g/mol. The molecule has 1 aliphatic rings. The third kappa shape index (κ3) is 4.79. The van der Waals surface area contributed by atoms with E-state index in [1.54, 1.807) is 0 Å². The number of carboxylic acids is 1. The summed E-state index contributed by atoms with van der Waals surface area (Å²) in [6.07, 6.45) is 3.09. The summed E-state index contributed by atoms with van der Waals surface area (Å²) < 4.78 is 5.82. The summed E-state index contributed by atoms with van der Waals surface area (Å²) >= 11 is 5.91. The molecular weight excluding hydrogens is 420 g/mol. The lowest BCUT2D eigenvalue weighted by Gasteiger charge is -2.08. The molecule has 3 aromatic carbocycles. The molecule has 162 valence electrons. The first-order chi connectivity index (χ1) is 15.4. The number of aliphatic carboxylic acids is 1. The van der Waals surface area contributed by atoms with Crippen molar-refractivity contribution in [3.05, 3.63) is 105 Å². The smallest absolute Gasteiger partial charge is 0.307 e. The van der Waals surface area contributed by atoms with Crippen LogP contribution in [-0.4, -0.2) is 11.1 Å². The van der Waals surface area contributed by atoms with Gasteiger partial charge in [-0.05, 0) is 88.2 Å². The molecule has 4 heteroatoms. The minimum absolute atomic E-state index is 0.0321. The summed E-state index contributed by atoms with van der Waals surface area (Å²) in [5.74, 6) is -0.0279. The van der Waals surface area contributed by atoms with Crippen molar-refractivity contribution < 1.29 is 14.6 Å². The Hall–Kier alpha value is -3.30. The van der Waals surface area contributed by atoms with Gasteiger partial charge in [0.1, 0.15) is 12.4 Å². The second-order valence-electron chi connectivity index (χ2n) is 7.95. The molecule has 0 bridgehead atoms. The quantitative estimate of drug-likeness (QED) is 0.416. The Morgan fingerprint density at radius 3 is 2.31 bits per heavy atom. The summed E-state index contributed by atoms with van der Waals surface area (Å²) in [7, 11) is 0. The Bertz CT molecular complexity index is 1200. The van der Waals surface area contributed by atoms with E-state index in [0.29, 0.717) is 11.6 Å². The van der Waals surface area contributed by atoms with Crippen LogP contribution in [0, 0.1) is 0 Å². The van der Waals surface area contributed by atoms with E-state index in [1.807, 2.05) is 31.2 Å². The Morgan fingerprint density at radius 1 is 0.969 bits per heavy atom. The van der Waals surface area contributed by atoms with Gasteiger partial charge in [0.05, 0.1) is 6.42 Å². The number of hydrogen-bond donors (Lipinski definition) is 1. The number of rotatable bonds is 7. The molecule has 0 heterocycles. The van der Waals surface area contributed by atoms with Gasteiger partial charge in [-0.15, -0.1) is 0 Å². The third-order valence-corrected chi connectivity index (χ3v) is 6.05. The SMILES string of the molecule is CCc1ccc2c(c1)C(CC(=O)O)=C(C)/C2=C/c1ccc(COc2ccc(Cl)cc2)cc1. The fraction of sp³-hybridized carbons (Fsp3) is 0.179. The van der Waals surface area contributed by atoms with Crippen LogP contribution in [0.3, 0.4) is 0 Å². The second-order valence-corrected chi connectivity index (χ2v) is 8.39. The maximum Gasteiger partial charge on any atom is 0.307 e. The van der Waals surface area contributed by atoms with Crippen molar-refractivity contribution >= 4 is 34.8 Å². The molecular formula is C28H25ClO3. The first kappa shape index (κ1) is 21.9. The standard InChI is InChI=1S/C28H25ClO3/c1-3-19-8-13-24-25(18(2)26(16-28(30)31)27(24)14-19)15-20-4-6-21(7-5-20)17-32-23-11-9-22(29)10-12-23/h4-15H,3,16-17H2,1-2H3,(H,30,31)/b25-15-. The van der Waals surface area contributed by atoms with Gasteiger partial charge in [0.15, 0.2) is 0 Å². The van der Waals surface area contributed by atoms with Gasteiger partial charge in [0, 0.05) is 5.02 Å². The maximum atomic E-state index is 11.5.